The van der Waals surface area contributed by atoms with Crippen LogP contribution in [0.3, 0.4) is 0 Å². The highest BCUT2D eigenvalue weighted by atomic mass is 19.1. The summed E-state index contributed by atoms with van der Waals surface area (Å²) in [4.78, 5) is 15.5. The molecule has 1 N–H and O–H groups in total. The first-order chi connectivity index (χ1) is 7.38. The molecule has 84 valence electrons. The van der Waals surface area contributed by atoms with Crippen LogP contribution in [0.2, 0.25) is 0 Å². The first-order valence-electron chi connectivity index (χ1n) is 4.76. The van der Waals surface area contributed by atoms with Gasteiger partial charge in [-0.3, -0.25) is 9.79 Å². The third kappa shape index (κ3) is 1.80. The van der Waals surface area contributed by atoms with Crippen molar-refractivity contribution in [1.82, 2.24) is 5.32 Å². The Hall–Kier alpha value is -1.78. The molecule has 1 amide bonds. The molecule has 0 atom stereocenters. The van der Waals surface area contributed by atoms with Gasteiger partial charge >= 0.3 is 0 Å². The number of hydrogen-bond acceptors (Lipinski definition) is 2. The van der Waals surface area contributed by atoms with E-state index < -0.39 is 17.2 Å². The van der Waals surface area contributed by atoms with Crippen molar-refractivity contribution in [2.75, 3.05) is 0 Å². The molecule has 1 aromatic rings. The van der Waals surface area contributed by atoms with E-state index >= 15 is 0 Å². The predicted octanol–water partition coefficient (Wildman–Crippen LogP) is 1.62. The van der Waals surface area contributed by atoms with Crippen LogP contribution in [0.5, 0.6) is 0 Å². The summed E-state index contributed by atoms with van der Waals surface area (Å²) >= 11 is 0. The van der Waals surface area contributed by atoms with Gasteiger partial charge in [-0.15, -0.1) is 0 Å². The third-order valence-corrected chi connectivity index (χ3v) is 2.31. The van der Waals surface area contributed by atoms with E-state index in [0.29, 0.717) is 0 Å². The normalized spacial score (nSPS) is 18.2. The Balaban J connectivity index is 2.44. The minimum atomic E-state index is -0.891. The van der Waals surface area contributed by atoms with E-state index in [1.54, 1.807) is 13.8 Å². The van der Waals surface area contributed by atoms with Gasteiger partial charge in [0, 0.05) is 11.6 Å². The first-order valence-corrected chi connectivity index (χ1v) is 4.76. The quantitative estimate of drug-likeness (QED) is 0.773. The SMILES string of the molecule is CC1(C)N=C(c2cc(F)cc(F)c2)NC1=O. The van der Waals surface area contributed by atoms with Crippen LogP contribution in [0.15, 0.2) is 23.2 Å². The van der Waals surface area contributed by atoms with Crippen molar-refractivity contribution in [2.24, 2.45) is 4.99 Å². The van der Waals surface area contributed by atoms with E-state index in [-0.39, 0.29) is 17.3 Å². The topological polar surface area (TPSA) is 41.5 Å². The van der Waals surface area contributed by atoms with Gasteiger partial charge in [0.15, 0.2) is 0 Å². The Morgan fingerprint density at radius 1 is 1.19 bits per heavy atom. The summed E-state index contributed by atoms with van der Waals surface area (Å²) in [6, 6.07) is 3.03. The number of benzene rings is 1. The Labute approximate surface area is 91.2 Å². The Morgan fingerprint density at radius 3 is 2.19 bits per heavy atom. The van der Waals surface area contributed by atoms with Crippen molar-refractivity contribution in [3.05, 3.63) is 35.4 Å². The zero-order chi connectivity index (χ0) is 11.9. The van der Waals surface area contributed by atoms with Crippen LogP contribution >= 0.6 is 0 Å². The van der Waals surface area contributed by atoms with Crippen LogP contribution in [0, 0.1) is 11.6 Å². The van der Waals surface area contributed by atoms with Crippen molar-refractivity contribution in [2.45, 2.75) is 19.4 Å². The van der Waals surface area contributed by atoms with E-state index in [1.807, 2.05) is 0 Å². The molecule has 5 heteroatoms. The first kappa shape index (κ1) is 10.7. The van der Waals surface area contributed by atoms with Crippen LogP contribution < -0.4 is 5.32 Å². The number of amidine groups is 1. The molecule has 0 saturated carbocycles. The fraction of sp³-hybridized carbons (Fsp3) is 0.273. The largest absolute Gasteiger partial charge is 0.308 e. The van der Waals surface area contributed by atoms with Gasteiger partial charge < -0.3 is 5.32 Å². The smallest absolute Gasteiger partial charge is 0.252 e. The lowest BCUT2D eigenvalue weighted by Gasteiger charge is -2.07. The third-order valence-electron chi connectivity index (χ3n) is 2.31. The highest BCUT2D eigenvalue weighted by molar-refractivity contribution is 6.15. The second-order valence-electron chi connectivity index (χ2n) is 4.13. The highest BCUT2D eigenvalue weighted by Crippen LogP contribution is 2.18. The summed E-state index contributed by atoms with van der Waals surface area (Å²) < 4.78 is 25.9. The van der Waals surface area contributed by atoms with E-state index in [1.165, 1.54) is 0 Å². The van der Waals surface area contributed by atoms with E-state index in [2.05, 4.69) is 10.3 Å². The predicted molar refractivity (Wildman–Crippen MR) is 55.1 cm³/mol. The summed E-state index contributed by atoms with van der Waals surface area (Å²) in [5.41, 5.74) is -0.658. The molecule has 1 heterocycles. The zero-order valence-electron chi connectivity index (χ0n) is 8.84. The minimum Gasteiger partial charge on any atom is -0.308 e. The number of halogens is 2. The number of carbonyl (C=O) groups is 1. The maximum atomic E-state index is 13.0. The van der Waals surface area contributed by atoms with Crippen LogP contribution in [-0.2, 0) is 4.79 Å². The number of amides is 1. The van der Waals surface area contributed by atoms with Crippen molar-refractivity contribution in [3.8, 4) is 0 Å². The van der Waals surface area contributed by atoms with Gasteiger partial charge in [0.05, 0.1) is 0 Å². The summed E-state index contributed by atoms with van der Waals surface area (Å²) in [5.74, 6) is -1.48. The lowest BCUT2D eigenvalue weighted by atomic mass is 10.1. The molecule has 1 aliphatic rings. The van der Waals surface area contributed by atoms with E-state index in [4.69, 9.17) is 0 Å². The summed E-state index contributed by atoms with van der Waals surface area (Å²) in [7, 11) is 0. The zero-order valence-corrected chi connectivity index (χ0v) is 8.84. The Bertz CT molecular complexity index is 475. The number of hydrogen-bond donors (Lipinski definition) is 1. The van der Waals surface area contributed by atoms with E-state index in [0.717, 1.165) is 18.2 Å². The van der Waals surface area contributed by atoms with Gasteiger partial charge in [-0.2, -0.15) is 0 Å². The lowest BCUT2D eigenvalue weighted by molar-refractivity contribution is -0.122. The molecule has 3 nitrogen and oxygen atoms in total. The standard InChI is InChI=1S/C11H10F2N2O/c1-11(2)10(16)14-9(15-11)6-3-7(12)5-8(13)4-6/h3-5H,1-2H3,(H,14,15,16). The molecule has 2 rings (SSSR count). The Kier molecular flexibility index (Phi) is 2.26. The van der Waals surface area contributed by atoms with Gasteiger partial charge in [-0.05, 0) is 26.0 Å². The maximum Gasteiger partial charge on any atom is 0.252 e. The number of rotatable bonds is 1. The molecule has 0 spiro atoms. The average Bonchev–Trinajstić information content (AvgIpc) is 2.40. The second-order valence-corrected chi connectivity index (χ2v) is 4.13. The fourth-order valence-electron chi connectivity index (χ4n) is 1.45. The summed E-state index contributed by atoms with van der Waals surface area (Å²) in [5, 5.41) is 2.49. The van der Waals surface area contributed by atoms with Crippen LogP contribution in [-0.4, -0.2) is 17.3 Å². The maximum absolute atomic E-state index is 13.0. The van der Waals surface area contributed by atoms with Gasteiger partial charge in [0.2, 0.25) is 0 Å². The molecule has 0 aliphatic carbocycles. The average molecular weight is 224 g/mol. The van der Waals surface area contributed by atoms with Gasteiger partial charge in [0.25, 0.3) is 5.91 Å². The molecule has 0 bridgehead atoms. The van der Waals surface area contributed by atoms with Crippen molar-refractivity contribution >= 4 is 11.7 Å². The Morgan fingerprint density at radius 2 is 1.75 bits per heavy atom. The lowest BCUT2D eigenvalue weighted by Crippen LogP contribution is -2.34. The minimum absolute atomic E-state index is 0.202. The second kappa shape index (κ2) is 3.37. The molecule has 1 aliphatic heterocycles. The molecule has 16 heavy (non-hydrogen) atoms. The molecular formula is C11H10F2N2O. The summed E-state index contributed by atoms with van der Waals surface area (Å²) in [6.45, 7) is 3.26. The van der Waals surface area contributed by atoms with E-state index in [9.17, 15) is 13.6 Å². The molecule has 0 radical (unpaired) electrons. The monoisotopic (exact) mass is 224 g/mol. The van der Waals surface area contributed by atoms with Crippen molar-refractivity contribution in [3.63, 3.8) is 0 Å². The molecular weight excluding hydrogens is 214 g/mol. The number of nitrogens with one attached hydrogen (secondary N) is 1. The van der Waals surface area contributed by atoms with Crippen LogP contribution in [0.25, 0.3) is 0 Å². The molecule has 0 saturated heterocycles. The van der Waals surface area contributed by atoms with Crippen LogP contribution in [0.4, 0.5) is 8.78 Å². The van der Waals surface area contributed by atoms with Crippen LogP contribution in [0.1, 0.15) is 19.4 Å². The number of aliphatic imine (C=N–C) groups is 1. The van der Waals surface area contributed by atoms with Crippen molar-refractivity contribution < 1.29 is 13.6 Å². The van der Waals surface area contributed by atoms with Gasteiger partial charge in [-0.1, -0.05) is 0 Å². The summed E-state index contributed by atoms with van der Waals surface area (Å²) in [6.07, 6.45) is 0. The number of carbonyl (C=O) groups excluding carboxylic acids is 1. The molecule has 1 aromatic carbocycles. The fourth-order valence-corrected chi connectivity index (χ4v) is 1.45. The molecule has 0 aromatic heterocycles. The highest BCUT2D eigenvalue weighted by Gasteiger charge is 2.34. The molecule has 0 fully saturated rings. The molecule has 0 unspecified atom stereocenters. The number of nitrogens with zero attached hydrogens (tertiary/aromatic N) is 1. The van der Waals surface area contributed by atoms with Crippen molar-refractivity contribution in [1.29, 1.82) is 0 Å². The van der Waals surface area contributed by atoms with Gasteiger partial charge in [-0.25, -0.2) is 8.78 Å². The van der Waals surface area contributed by atoms with Gasteiger partial charge in [0.1, 0.15) is 23.0 Å².